The molecule has 0 fully saturated rings. The monoisotopic (exact) mass is 439 g/mol. The topological polar surface area (TPSA) is 96.4 Å². The Bertz CT molecular complexity index is 1090. The van der Waals surface area contributed by atoms with Gasteiger partial charge in [-0.2, -0.15) is 0 Å². The highest BCUT2D eigenvalue weighted by Crippen LogP contribution is 2.24. The maximum absolute atomic E-state index is 12.4. The third kappa shape index (κ3) is 4.22. The summed E-state index contributed by atoms with van der Waals surface area (Å²) in [7, 11) is 0. The Morgan fingerprint density at radius 2 is 1.73 bits per heavy atom. The van der Waals surface area contributed by atoms with E-state index in [1.807, 2.05) is 5.38 Å². The number of benzene rings is 1. The van der Waals surface area contributed by atoms with E-state index in [0.717, 1.165) is 4.88 Å². The van der Waals surface area contributed by atoms with Crippen LogP contribution in [0.25, 0.3) is 0 Å². The molecule has 4 rings (SSSR count). The van der Waals surface area contributed by atoms with Crippen molar-refractivity contribution in [1.82, 2.24) is 9.88 Å². The molecule has 1 aromatic carbocycles. The number of ketones is 1. The van der Waals surface area contributed by atoms with Crippen LogP contribution in [0.2, 0.25) is 0 Å². The first-order chi connectivity index (χ1) is 14.5. The number of hydrogen-bond acceptors (Lipinski definition) is 7. The van der Waals surface area contributed by atoms with Crippen molar-refractivity contribution < 1.29 is 19.2 Å². The molecule has 7 nitrogen and oxygen atoms in total. The van der Waals surface area contributed by atoms with Crippen molar-refractivity contribution in [3.8, 4) is 0 Å². The molecule has 1 aliphatic rings. The van der Waals surface area contributed by atoms with Crippen LogP contribution in [0.4, 0.5) is 5.13 Å². The van der Waals surface area contributed by atoms with E-state index < -0.39 is 0 Å². The summed E-state index contributed by atoms with van der Waals surface area (Å²) in [4.78, 5) is 55.8. The van der Waals surface area contributed by atoms with E-state index in [4.69, 9.17) is 0 Å². The van der Waals surface area contributed by atoms with Gasteiger partial charge in [-0.05, 0) is 23.6 Å². The lowest BCUT2D eigenvalue weighted by atomic mass is 10.1. The van der Waals surface area contributed by atoms with Gasteiger partial charge >= 0.3 is 0 Å². The second kappa shape index (κ2) is 8.68. The van der Waals surface area contributed by atoms with Crippen molar-refractivity contribution in [1.29, 1.82) is 0 Å². The van der Waals surface area contributed by atoms with Gasteiger partial charge in [0.15, 0.2) is 10.9 Å². The molecule has 0 atom stereocenters. The number of anilines is 1. The molecular formula is C21H17N3O4S2. The summed E-state index contributed by atoms with van der Waals surface area (Å²) in [6.45, 7) is 0.247. The predicted molar refractivity (Wildman–Crippen MR) is 114 cm³/mol. The fourth-order valence-electron chi connectivity index (χ4n) is 3.11. The van der Waals surface area contributed by atoms with Crippen molar-refractivity contribution in [2.24, 2.45) is 0 Å². The van der Waals surface area contributed by atoms with Gasteiger partial charge in [0.05, 0.1) is 16.0 Å². The quantitative estimate of drug-likeness (QED) is 0.427. The molecule has 1 aliphatic heterocycles. The first-order valence-corrected chi connectivity index (χ1v) is 11.0. The maximum atomic E-state index is 12.4. The van der Waals surface area contributed by atoms with Gasteiger partial charge in [0.2, 0.25) is 5.91 Å². The van der Waals surface area contributed by atoms with Crippen molar-refractivity contribution in [3.05, 3.63) is 68.9 Å². The molecule has 3 amide bonds. The van der Waals surface area contributed by atoms with E-state index in [1.54, 1.807) is 42.6 Å². The van der Waals surface area contributed by atoms with Crippen molar-refractivity contribution >= 4 is 51.3 Å². The molecule has 3 aromatic rings. The number of fused-ring (bicyclic) bond motifs is 1. The Balaban J connectivity index is 1.27. The van der Waals surface area contributed by atoms with Crippen LogP contribution in [0.1, 0.15) is 48.1 Å². The Kier molecular flexibility index (Phi) is 5.82. The van der Waals surface area contributed by atoms with Crippen LogP contribution >= 0.6 is 22.7 Å². The Labute approximate surface area is 180 Å². The Morgan fingerprint density at radius 3 is 2.40 bits per heavy atom. The van der Waals surface area contributed by atoms with Gasteiger partial charge in [0, 0.05) is 36.9 Å². The number of nitrogens with zero attached hydrogens (tertiary/aromatic N) is 2. The lowest BCUT2D eigenvalue weighted by Gasteiger charge is -2.12. The summed E-state index contributed by atoms with van der Waals surface area (Å²) < 4.78 is 0. The minimum atomic E-state index is -0.288. The molecule has 0 saturated heterocycles. The predicted octanol–water partition coefficient (Wildman–Crippen LogP) is 3.64. The number of hydrogen-bond donors (Lipinski definition) is 1. The SMILES string of the molecule is O=C(CCC(=O)c1cccs1)Nc1ncc(CCN2C(=O)c3ccccc3C2=O)s1. The molecule has 0 spiro atoms. The van der Waals surface area contributed by atoms with Crippen LogP contribution in [-0.2, 0) is 11.2 Å². The van der Waals surface area contributed by atoms with Crippen molar-refractivity contribution in [2.45, 2.75) is 19.3 Å². The summed E-state index contributed by atoms with van der Waals surface area (Å²) in [5, 5.41) is 4.95. The number of amides is 3. The van der Waals surface area contributed by atoms with Crippen molar-refractivity contribution in [3.63, 3.8) is 0 Å². The number of carbonyl (C=O) groups is 4. The maximum Gasteiger partial charge on any atom is 0.261 e. The third-order valence-corrected chi connectivity index (χ3v) is 6.52. The number of Topliss-reactive ketones (excluding diaryl/α,β-unsaturated/α-hetero) is 1. The van der Waals surface area contributed by atoms with Crippen molar-refractivity contribution in [2.75, 3.05) is 11.9 Å². The molecule has 0 aliphatic carbocycles. The molecule has 152 valence electrons. The average Bonchev–Trinajstić information content (AvgIpc) is 3.48. The molecule has 0 saturated carbocycles. The molecule has 0 radical (unpaired) electrons. The third-order valence-electron chi connectivity index (χ3n) is 4.64. The van der Waals surface area contributed by atoms with E-state index in [1.165, 1.54) is 27.6 Å². The first-order valence-electron chi connectivity index (χ1n) is 9.29. The molecule has 9 heteroatoms. The van der Waals surface area contributed by atoms with Crippen LogP contribution in [0.15, 0.2) is 48.0 Å². The normalized spacial score (nSPS) is 12.9. The number of nitrogens with one attached hydrogen (secondary N) is 1. The Hall–Kier alpha value is -3.17. The summed E-state index contributed by atoms with van der Waals surface area (Å²) in [6, 6.07) is 10.3. The average molecular weight is 440 g/mol. The smallest absolute Gasteiger partial charge is 0.261 e. The number of aromatic nitrogens is 1. The van der Waals surface area contributed by atoms with Gasteiger partial charge in [-0.25, -0.2) is 4.98 Å². The lowest BCUT2D eigenvalue weighted by Crippen LogP contribution is -2.31. The van der Waals surface area contributed by atoms with Gasteiger partial charge in [-0.3, -0.25) is 24.1 Å². The molecule has 30 heavy (non-hydrogen) atoms. The zero-order chi connectivity index (χ0) is 21.1. The summed E-state index contributed by atoms with van der Waals surface area (Å²) >= 11 is 2.65. The van der Waals surface area contributed by atoms with Crippen LogP contribution < -0.4 is 5.32 Å². The summed E-state index contributed by atoms with van der Waals surface area (Å²) in [5.74, 6) is -0.907. The number of rotatable bonds is 8. The highest BCUT2D eigenvalue weighted by molar-refractivity contribution is 7.15. The fraction of sp³-hybridized carbons (Fsp3) is 0.190. The highest BCUT2D eigenvalue weighted by atomic mass is 32.1. The summed E-state index contributed by atoms with van der Waals surface area (Å²) in [6.07, 6.45) is 2.30. The van der Waals surface area contributed by atoms with E-state index in [0.29, 0.717) is 27.6 Å². The minimum Gasteiger partial charge on any atom is -0.302 e. The number of carbonyl (C=O) groups excluding carboxylic acids is 4. The number of thiophene rings is 1. The van der Waals surface area contributed by atoms with E-state index in [9.17, 15) is 19.2 Å². The van der Waals surface area contributed by atoms with E-state index in [2.05, 4.69) is 10.3 Å². The van der Waals surface area contributed by atoms with Gasteiger partial charge in [0.25, 0.3) is 11.8 Å². The molecule has 3 heterocycles. The minimum absolute atomic E-state index is 0.0547. The second-order valence-corrected chi connectivity index (χ2v) is 8.70. The molecule has 2 aromatic heterocycles. The zero-order valence-electron chi connectivity index (χ0n) is 15.8. The van der Waals surface area contributed by atoms with Crippen LogP contribution in [0.3, 0.4) is 0 Å². The molecule has 0 unspecified atom stereocenters. The van der Waals surface area contributed by atoms with E-state index >= 15 is 0 Å². The first kappa shape index (κ1) is 20.1. The molecule has 1 N–H and O–H groups in total. The van der Waals surface area contributed by atoms with E-state index in [-0.39, 0.29) is 42.9 Å². The summed E-state index contributed by atoms with van der Waals surface area (Å²) in [5.41, 5.74) is 0.855. The molecule has 0 bridgehead atoms. The van der Waals surface area contributed by atoms with Crippen LogP contribution in [-0.4, -0.2) is 39.9 Å². The second-order valence-electron chi connectivity index (χ2n) is 6.64. The van der Waals surface area contributed by atoms with Gasteiger partial charge in [-0.15, -0.1) is 22.7 Å². The largest absolute Gasteiger partial charge is 0.302 e. The van der Waals surface area contributed by atoms with Gasteiger partial charge in [-0.1, -0.05) is 18.2 Å². The standard InChI is InChI=1S/C21H17N3O4S2/c25-16(17-6-3-11-29-17)7-8-18(26)23-21-22-12-13(30-21)9-10-24-19(27)14-4-1-2-5-15(14)20(24)28/h1-6,11-12H,7-10H2,(H,22,23,26). The van der Waals surface area contributed by atoms with Crippen LogP contribution in [0.5, 0.6) is 0 Å². The van der Waals surface area contributed by atoms with Gasteiger partial charge < -0.3 is 5.32 Å². The molecular weight excluding hydrogens is 422 g/mol. The van der Waals surface area contributed by atoms with Gasteiger partial charge in [0.1, 0.15) is 0 Å². The highest BCUT2D eigenvalue weighted by Gasteiger charge is 2.34. The lowest BCUT2D eigenvalue weighted by molar-refractivity contribution is -0.116. The fourth-order valence-corrected chi connectivity index (χ4v) is 4.63. The Morgan fingerprint density at radius 1 is 1.00 bits per heavy atom. The number of thiazole rings is 1. The zero-order valence-corrected chi connectivity index (χ0v) is 17.4. The number of imide groups is 1. The van der Waals surface area contributed by atoms with Crippen LogP contribution in [0, 0.1) is 0 Å².